The largest absolute Gasteiger partial charge is 0.491 e. The van der Waals surface area contributed by atoms with E-state index in [1.807, 2.05) is 50.2 Å². The maximum atomic E-state index is 12.2. The predicted molar refractivity (Wildman–Crippen MR) is 208 cm³/mol. The second kappa shape index (κ2) is 24.8. The van der Waals surface area contributed by atoms with Gasteiger partial charge in [-0.05, 0) is 50.2 Å². The fraction of sp³-hybridized carbons (Fsp3) is 0.450. The Bertz CT molecular complexity index is 1780. The summed E-state index contributed by atoms with van der Waals surface area (Å²) < 4.78 is 104. The smallest absolute Gasteiger partial charge is 0.297 e. The molecule has 0 aliphatic rings. The van der Waals surface area contributed by atoms with Gasteiger partial charge in [0.05, 0.1) is 102 Å². The molecule has 0 fully saturated rings. The van der Waals surface area contributed by atoms with Gasteiger partial charge in [0, 0.05) is 10.8 Å². The molecule has 4 aromatic carbocycles. The molecule has 0 heterocycles. The Balaban J connectivity index is 0.967. The summed E-state index contributed by atoms with van der Waals surface area (Å²) >= 11 is 0. The first-order chi connectivity index (χ1) is 27.2. The van der Waals surface area contributed by atoms with E-state index in [2.05, 4.69) is 0 Å². The van der Waals surface area contributed by atoms with Crippen LogP contribution in [0.3, 0.4) is 0 Å². The zero-order valence-electron chi connectivity index (χ0n) is 31.9. The highest BCUT2D eigenvalue weighted by atomic mass is 32.2. The SMILES string of the molecule is Cc1ccc(S(=O)(=O)OCCOCCOCCOCCOc2cccc3c(OCCOCCOCCOCCOS(=O)(=O)c4ccc(C)cc4)cccc23)cc1. The van der Waals surface area contributed by atoms with Gasteiger partial charge in [-0.15, -0.1) is 0 Å². The summed E-state index contributed by atoms with van der Waals surface area (Å²) in [5.41, 5.74) is 1.93. The fourth-order valence-corrected chi connectivity index (χ4v) is 6.75. The Labute approximate surface area is 330 Å². The highest BCUT2D eigenvalue weighted by Gasteiger charge is 2.15. The van der Waals surface area contributed by atoms with Crippen LogP contribution in [-0.4, -0.2) is 123 Å². The molecule has 0 saturated carbocycles. The molecular weight excluding hydrogens is 769 g/mol. The van der Waals surface area contributed by atoms with Gasteiger partial charge >= 0.3 is 0 Å². The summed E-state index contributed by atoms with van der Waals surface area (Å²) in [5, 5.41) is 1.84. The zero-order chi connectivity index (χ0) is 39.9. The van der Waals surface area contributed by atoms with Crippen LogP contribution in [0.4, 0.5) is 0 Å². The Morgan fingerprint density at radius 1 is 0.357 bits per heavy atom. The fourth-order valence-electron chi connectivity index (χ4n) is 4.96. The van der Waals surface area contributed by atoms with Crippen molar-refractivity contribution in [2.24, 2.45) is 0 Å². The van der Waals surface area contributed by atoms with Crippen molar-refractivity contribution in [3.63, 3.8) is 0 Å². The first-order valence-electron chi connectivity index (χ1n) is 18.3. The van der Waals surface area contributed by atoms with Crippen LogP contribution in [0, 0.1) is 13.8 Å². The van der Waals surface area contributed by atoms with E-state index in [1.165, 1.54) is 24.3 Å². The summed E-state index contributed by atoms with van der Waals surface area (Å²) in [7, 11) is -7.61. The standard InChI is InChI=1S/C40H52O14S2/c1-33-9-13-35(14-10-33)55(41,42)53-31-27-49-23-19-45-17-21-47-25-29-51-39-7-3-6-38-37(39)5-4-8-40(38)52-30-26-48-22-18-46-20-24-50-28-32-54-56(43,44)36-15-11-34(2)12-16-36/h3-16H,17-32H2,1-2H3. The van der Waals surface area contributed by atoms with Crippen LogP contribution in [0.25, 0.3) is 10.8 Å². The van der Waals surface area contributed by atoms with Gasteiger partial charge in [0.15, 0.2) is 0 Å². The number of fused-ring (bicyclic) bond motifs is 1. The highest BCUT2D eigenvalue weighted by Crippen LogP contribution is 2.32. The van der Waals surface area contributed by atoms with Crippen LogP contribution >= 0.6 is 0 Å². The van der Waals surface area contributed by atoms with Crippen LogP contribution in [0.15, 0.2) is 94.7 Å². The first-order valence-corrected chi connectivity index (χ1v) is 21.1. The summed E-state index contributed by atoms with van der Waals surface area (Å²) in [5.74, 6) is 1.44. The van der Waals surface area contributed by atoms with E-state index in [0.717, 1.165) is 33.4 Å². The monoisotopic (exact) mass is 820 g/mol. The molecule has 0 atom stereocenters. The molecule has 0 spiro atoms. The van der Waals surface area contributed by atoms with Crippen LogP contribution in [-0.2, 0) is 57.0 Å². The lowest BCUT2D eigenvalue weighted by molar-refractivity contribution is 0.00529. The lowest BCUT2D eigenvalue weighted by Gasteiger charge is -2.13. The van der Waals surface area contributed by atoms with E-state index in [9.17, 15) is 16.8 Å². The van der Waals surface area contributed by atoms with E-state index in [1.54, 1.807) is 24.3 Å². The quantitative estimate of drug-likeness (QED) is 0.0504. The summed E-state index contributed by atoms with van der Waals surface area (Å²) in [4.78, 5) is 0.233. The molecule has 0 bridgehead atoms. The molecule has 4 aromatic rings. The number of ether oxygens (including phenoxy) is 8. The third kappa shape index (κ3) is 16.4. The summed E-state index contributed by atoms with van der Waals surface area (Å²) in [6, 6.07) is 24.5. The van der Waals surface area contributed by atoms with E-state index >= 15 is 0 Å². The molecule has 308 valence electrons. The molecular formula is C40H52O14S2. The number of hydrogen-bond acceptors (Lipinski definition) is 14. The minimum absolute atomic E-state index is 0.0788. The van der Waals surface area contributed by atoms with Crippen LogP contribution in [0.5, 0.6) is 11.5 Å². The molecule has 0 aliphatic carbocycles. The van der Waals surface area contributed by atoms with Crippen LogP contribution in [0.2, 0.25) is 0 Å². The van der Waals surface area contributed by atoms with Gasteiger partial charge in [0.25, 0.3) is 20.2 Å². The van der Waals surface area contributed by atoms with Crippen molar-refractivity contribution in [3.05, 3.63) is 96.1 Å². The van der Waals surface area contributed by atoms with Gasteiger partial charge in [0.1, 0.15) is 24.7 Å². The van der Waals surface area contributed by atoms with Gasteiger partial charge in [-0.2, -0.15) is 16.8 Å². The Morgan fingerprint density at radius 2 is 0.643 bits per heavy atom. The second-order valence-electron chi connectivity index (χ2n) is 12.2. The van der Waals surface area contributed by atoms with Crippen molar-refractivity contribution in [2.45, 2.75) is 23.6 Å². The third-order valence-electron chi connectivity index (χ3n) is 7.85. The number of hydrogen-bond donors (Lipinski definition) is 0. The highest BCUT2D eigenvalue weighted by molar-refractivity contribution is 7.87. The minimum Gasteiger partial charge on any atom is -0.491 e. The number of rotatable bonds is 30. The van der Waals surface area contributed by atoms with Crippen molar-refractivity contribution in [2.75, 3.05) is 106 Å². The van der Waals surface area contributed by atoms with E-state index < -0.39 is 20.2 Å². The maximum Gasteiger partial charge on any atom is 0.297 e. The Hall–Kier alpha value is -3.68. The van der Waals surface area contributed by atoms with Crippen molar-refractivity contribution in [1.29, 1.82) is 0 Å². The van der Waals surface area contributed by atoms with E-state index in [4.69, 9.17) is 46.3 Å². The minimum atomic E-state index is -3.80. The van der Waals surface area contributed by atoms with Crippen molar-refractivity contribution < 1.29 is 63.1 Å². The molecule has 56 heavy (non-hydrogen) atoms. The molecule has 0 amide bonds. The van der Waals surface area contributed by atoms with Crippen molar-refractivity contribution in [3.8, 4) is 11.5 Å². The zero-order valence-corrected chi connectivity index (χ0v) is 33.6. The number of aryl methyl sites for hydroxylation is 2. The van der Waals surface area contributed by atoms with Crippen LogP contribution in [0.1, 0.15) is 11.1 Å². The molecule has 14 nitrogen and oxygen atoms in total. The summed E-state index contributed by atoms with van der Waals surface area (Å²) in [6.07, 6.45) is 0. The topological polar surface area (TPSA) is 161 Å². The molecule has 0 N–H and O–H groups in total. The average molecular weight is 821 g/mol. The van der Waals surface area contributed by atoms with E-state index in [0.29, 0.717) is 79.3 Å². The van der Waals surface area contributed by atoms with Crippen molar-refractivity contribution >= 4 is 31.0 Å². The normalized spacial score (nSPS) is 12.0. The van der Waals surface area contributed by atoms with Crippen LogP contribution < -0.4 is 9.47 Å². The maximum absolute atomic E-state index is 12.2. The Kier molecular flexibility index (Phi) is 20.0. The van der Waals surface area contributed by atoms with Gasteiger partial charge in [0.2, 0.25) is 0 Å². The van der Waals surface area contributed by atoms with Gasteiger partial charge in [-0.1, -0.05) is 59.7 Å². The van der Waals surface area contributed by atoms with E-state index in [-0.39, 0.29) is 36.2 Å². The molecule has 0 aliphatic heterocycles. The Morgan fingerprint density at radius 3 is 0.964 bits per heavy atom. The molecule has 4 rings (SSSR count). The molecule has 0 aromatic heterocycles. The second-order valence-corrected chi connectivity index (χ2v) is 15.4. The van der Waals surface area contributed by atoms with Gasteiger partial charge in [-0.3, -0.25) is 8.37 Å². The molecule has 0 unspecified atom stereocenters. The van der Waals surface area contributed by atoms with Crippen molar-refractivity contribution in [1.82, 2.24) is 0 Å². The third-order valence-corrected chi connectivity index (χ3v) is 10.5. The van der Waals surface area contributed by atoms with Gasteiger partial charge in [-0.25, -0.2) is 0 Å². The number of benzene rings is 4. The first kappa shape index (κ1) is 45.0. The van der Waals surface area contributed by atoms with Gasteiger partial charge < -0.3 is 37.9 Å². The lowest BCUT2D eigenvalue weighted by Crippen LogP contribution is -2.15. The molecule has 0 saturated heterocycles. The predicted octanol–water partition coefficient (Wildman–Crippen LogP) is 5.12. The molecule has 16 heteroatoms. The average Bonchev–Trinajstić information content (AvgIpc) is 3.18. The summed E-state index contributed by atoms with van der Waals surface area (Å²) in [6.45, 7) is 8.15. The lowest BCUT2D eigenvalue weighted by atomic mass is 10.1. The molecule has 0 radical (unpaired) electrons.